The van der Waals surface area contributed by atoms with Crippen LogP contribution in [0, 0.1) is 0 Å². The summed E-state index contributed by atoms with van der Waals surface area (Å²) in [5.41, 5.74) is 0.370. The van der Waals surface area contributed by atoms with Gasteiger partial charge in [-0.2, -0.15) is 0 Å². The van der Waals surface area contributed by atoms with E-state index in [0.717, 1.165) is 4.90 Å². The first-order valence-electron chi connectivity index (χ1n) is 6.42. The van der Waals surface area contributed by atoms with Crippen LogP contribution in [0.3, 0.4) is 0 Å². The molecule has 2 rings (SSSR count). The maximum atomic E-state index is 12.4. The highest BCUT2D eigenvalue weighted by atomic mass is 16.4. The third kappa shape index (κ3) is 3.42. The summed E-state index contributed by atoms with van der Waals surface area (Å²) in [5, 5.41) is 18.2. The Hall–Kier alpha value is -2.76. The van der Waals surface area contributed by atoms with Gasteiger partial charge in [0, 0.05) is 12.1 Å². The first-order valence-corrected chi connectivity index (χ1v) is 6.42. The zero-order valence-corrected chi connectivity index (χ0v) is 11.4. The van der Waals surface area contributed by atoms with Gasteiger partial charge in [-0.15, -0.1) is 0 Å². The Morgan fingerprint density at radius 3 is 2.33 bits per heavy atom. The fourth-order valence-corrected chi connectivity index (χ4v) is 1.86. The minimum Gasteiger partial charge on any atom is -0.508 e. The van der Waals surface area contributed by atoms with Crippen LogP contribution < -0.4 is 4.90 Å². The number of phenols is 1. The molecule has 0 bridgehead atoms. The molecule has 1 aromatic heterocycles. The lowest BCUT2D eigenvalue weighted by Crippen LogP contribution is -2.35. The van der Waals surface area contributed by atoms with E-state index in [2.05, 4.69) is 0 Å². The third-order valence-corrected chi connectivity index (χ3v) is 2.92. The average Bonchev–Trinajstić information content (AvgIpc) is 2.94. The average molecular weight is 289 g/mol. The lowest BCUT2D eigenvalue weighted by molar-refractivity contribution is -0.135. The number of aromatic hydroxyl groups is 1. The topological polar surface area (TPSA) is 91.0 Å². The summed E-state index contributed by atoms with van der Waals surface area (Å²) in [7, 11) is 0. The minimum atomic E-state index is -1.14. The minimum absolute atomic E-state index is 0.0349. The van der Waals surface area contributed by atoms with Gasteiger partial charge in [-0.1, -0.05) is 6.92 Å². The van der Waals surface area contributed by atoms with Gasteiger partial charge in [0.25, 0.3) is 5.91 Å². The predicted molar refractivity (Wildman–Crippen MR) is 75.5 cm³/mol. The molecule has 0 saturated heterocycles. The SMILES string of the molecule is CCc1ccc(C(=O)N(CC(=O)O)c2ccc(O)cc2)o1. The highest BCUT2D eigenvalue weighted by Gasteiger charge is 2.23. The predicted octanol–water partition coefficient (Wildman–Crippen LogP) is 2.28. The molecule has 0 saturated carbocycles. The standard InChI is InChI=1S/C15H15NO5/c1-2-12-7-8-13(21-12)15(20)16(9-14(18)19)10-3-5-11(17)6-4-10/h3-8,17H,2,9H2,1H3,(H,18,19). The molecule has 0 atom stereocenters. The Kier molecular flexibility index (Phi) is 4.27. The molecule has 2 N–H and O–H groups in total. The Labute approximate surface area is 121 Å². The van der Waals surface area contributed by atoms with Crippen LogP contribution in [0.4, 0.5) is 5.69 Å². The van der Waals surface area contributed by atoms with Crippen LogP contribution >= 0.6 is 0 Å². The zero-order valence-electron chi connectivity index (χ0n) is 11.4. The van der Waals surface area contributed by atoms with Gasteiger partial charge in [-0.3, -0.25) is 14.5 Å². The lowest BCUT2D eigenvalue weighted by Gasteiger charge is -2.19. The molecule has 0 unspecified atom stereocenters. The Balaban J connectivity index is 2.32. The van der Waals surface area contributed by atoms with Crippen molar-refractivity contribution in [2.24, 2.45) is 0 Å². The number of benzene rings is 1. The largest absolute Gasteiger partial charge is 0.508 e. The maximum Gasteiger partial charge on any atom is 0.323 e. The number of carbonyl (C=O) groups is 2. The van der Waals surface area contributed by atoms with Crippen molar-refractivity contribution >= 4 is 17.6 Å². The van der Waals surface area contributed by atoms with Crippen molar-refractivity contribution in [3.63, 3.8) is 0 Å². The second-order valence-corrected chi connectivity index (χ2v) is 4.42. The van der Waals surface area contributed by atoms with E-state index in [1.165, 1.54) is 30.3 Å². The van der Waals surface area contributed by atoms with E-state index in [0.29, 0.717) is 17.9 Å². The summed E-state index contributed by atoms with van der Waals surface area (Å²) in [5.74, 6) is -0.908. The molecule has 1 heterocycles. The van der Waals surface area contributed by atoms with Crippen LogP contribution in [0.5, 0.6) is 5.75 Å². The molecule has 0 radical (unpaired) electrons. The molecule has 0 aliphatic carbocycles. The van der Waals surface area contributed by atoms with Crippen molar-refractivity contribution in [2.75, 3.05) is 11.4 Å². The Morgan fingerprint density at radius 1 is 1.14 bits per heavy atom. The number of carboxylic acid groups (broad SMARTS) is 1. The van der Waals surface area contributed by atoms with Crippen LogP contribution in [0.1, 0.15) is 23.2 Å². The Morgan fingerprint density at radius 2 is 1.81 bits per heavy atom. The molecule has 0 aliphatic heterocycles. The van der Waals surface area contributed by atoms with E-state index >= 15 is 0 Å². The van der Waals surface area contributed by atoms with Crippen LogP contribution in [0.2, 0.25) is 0 Å². The number of aryl methyl sites for hydroxylation is 1. The van der Waals surface area contributed by atoms with E-state index in [-0.39, 0.29) is 11.5 Å². The van der Waals surface area contributed by atoms with Gasteiger partial charge < -0.3 is 14.6 Å². The molecule has 21 heavy (non-hydrogen) atoms. The maximum absolute atomic E-state index is 12.4. The first kappa shape index (κ1) is 14.6. The van der Waals surface area contributed by atoms with Gasteiger partial charge in [-0.05, 0) is 36.4 Å². The molecular weight excluding hydrogens is 274 g/mol. The van der Waals surface area contributed by atoms with Gasteiger partial charge in [-0.25, -0.2) is 0 Å². The second-order valence-electron chi connectivity index (χ2n) is 4.42. The van der Waals surface area contributed by atoms with E-state index in [1.807, 2.05) is 6.92 Å². The van der Waals surface area contributed by atoms with Crippen LogP contribution in [-0.4, -0.2) is 28.6 Å². The van der Waals surface area contributed by atoms with Gasteiger partial charge in [0.05, 0.1) is 0 Å². The highest BCUT2D eigenvalue weighted by molar-refractivity contribution is 6.06. The second kappa shape index (κ2) is 6.13. The van der Waals surface area contributed by atoms with E-state index < -0.39 is 18.4 Å². The zero-order chi connectivity index (χ0) is 15.4. The number of hydrogen-bond donors (Lipinski definition) is 2. The van der Waals surface area contributed by atoms with Crippen molar-refractivity contribution < 1.29 is 24.2 Å². The molecule has 1 amide bonds. The molecule has 0 spiro atoms. The summed E-state index contributed by atoms with van der Waals surface area (Å²) in [6.07, 6.45) is 0.644. The summed E-state index contributed by atoms with van der Waals surface area (Å²) in [6.45, 7) is 1.40. The van der Waals surface area contributed by atoms with E-state index in [1.54, 1.807) is 6.07 Å². The normalized spacial score (nSPS) is 10.3. The number of anilines is 1. The quantitative estimate of drug-likeness (QED) is 0.881. The van der Waals surface area contributed by atoms with Gasteiger partial charge in [0.1, 0.15) is 18.1 Å². The Bertz CT molecular complexity index is 644. The number of phenolic OH excluding ortho intramolecular Hbond substituents is 1. The van der Waals surface area contributed by atoms with Crippen molar-refractivity contribution in [1.82, 2.24) is 0 Å². The van der Waals surface area contributed by atoms with Crippen molar-refractivity contribution in [3.05, 3.63) is 47.9 Å². The molecule has 6 nitrogen and oxygen atoms in total. The van der Waals surface area contributed by atoms with Crippen LogP contribution in [0.15, 0.2) is 40.8 Å². The first-order chi connectivity index (χ1) is 10.0. The van der Waals surface area contributed by atoms with Gasteiger partial charge in [0.2, 0.25) is 0 Å². The van der Waals surface area contributed by atoms with Gasteiger partial charge in [0.15, 0.2) is 5.76 Å². The number of nitrogens with zero attached hydrogens (tertiary/aromatic N) is 1. The molecule has 0 fully saturated rings. The molecule has 110 valence electrons. The fraction of sp³-hybridized carbons (Fsp3) is 0.200. The molecular formula is C15H15NO5. The number of furan rings is 1. The number of carboxylic acids is 1. The number of carbonyl (C=O) groups excluding carboxylic acids is 1. The molecule has 1 aromatic carbocycles. The van der Waals surface area contributed by atoms with Crippen LogP contribution in [-0.2, 0) is 11.2 Å². The number of rotatable bonds is 5. The molecule has 6 heteroatoms. The van der Waals surface area contributed by atoms with Crippen molar-refractivity contribution in [1.29, 1.82) is 0 Å². The smallest absolute Gasteiger partial charge is 0.323 e. The monoisotopic (exact) mass is 289 g/mol. The summed E-state index contributed by atoms with van der Waals surface area (Å²) < 4.78 is 5.37. The van der Waals surface area contributed by atoms with Crippen molar-refractivity contribution in [2.45, 2.75) is 13.3 Å². The summed E-state index contributed by atoms with van der Waals surface area (Å²) in [4.78, 5) is 24.5. The van der Waals surface area contributed by atoms with Gasteiger partial charge >= 0.3 is 5.97 Å². The number of hydrogen-bond acceptors (Lipinski definition) is 4. The molecule has 0 aliphatic rings. The number of amides is 1. The summed E-state index contributed by atoms with van der Waals surface area (Å²) in [6, 6.07) is 8.92. The molecule has 2 aromatic rings. The van der Waals surface area contributed by atoms with E-state index in [9.17, 15) is 14.7 Å². The number of aliphatic carboxylic acids is 1. The lowest BCUT2D eigenvalue weighted by atomic mass is 10.2. The van der Waals surface area contributed by atoms with Crippen LogP contribution in [0.25, 0.3) is 0 Å². The van der Waals surface area contributed by atoms with E-state index in [4.69, 9.17) is 9.52 Å². The third-order valence-electron chi connectivity index (χ3n) is 2.92. The van der Waals surface area contributed by atoms with Crippen molar-refractivity contribution in [3.8, 4) is 5.75 Å². The fourth-order valence-electron chi connectivity index (χ4n) is 1.86. The summed E-state index contributed by atoms with van der Waals surface area (Å²) >= 11 is 0. The highest BCUT2D eigenvalue weighted by Crippen LogP contribution is 2.21.